The molecule has 0 saturated heterocycles. The van der Waals surface area contributed by atoms with Gasteiger partial charge in [0, 0.05) is 44.3 Å². The highest BCUT2D eigenvalue weighted by Crippen LogP contribution is 2.43. The third-order valence-electron chi connectivity index (χ3n) is 8.47. The molecule has 8 bridgehead atoms. The topological polar surface area (TPSA) is 57.4 Å². The average molecular weight is 563 g/mol. The molecule has 0 radical (unpaired) electrons. The van der Waals surface area contributed by atoms with E-state index in [0.29, 0.717) is 0 Å². The molecule has 7 aromatic rings. The lowest BCUT2D eigenvalue weighted by molar-refractivity contribution is 1.32. The average Bonchev–Trinajstić information content (AvgIpc) is 3.85. The van der Waals surface area contributed by atoms with Crippen molar-refractivity contribution in [3.05, 3.63) is 145 Å². The van der Waals surface area contributed by atoms with Crippen LogP contribution in [-0.4, -0.2) is 19.9 Å². The predicted octanol–water partition coefficient (Wildman–Crippen LogP) is 10.3. The van der Waals surface area contributed by atoms with E-state index in [-0.39, 0.29) is 0 Å². The second kappa shape index (κ2) is 9.79. The summed E-state index contributed by atoms with van der Waals surface area (Å²) in [6.07, 6.45) is 4.14. The molecule has 3 aromatic heterocycles. The maximum absolute atomic E-state index is 5.30. The highest BCUT2D eigenvalue weighted by molar-refractivity contribution is 6.07. The molecule has 0 atom stereocenters. The fourth-order valence-corrected chi connectivity index (χ4v) is 6.53. The van der Waals surface area contributed by atoms with Crippen LogP contribution in [0.15, 0.2) is 133 Å². The van der Waals surface area contributed by atoms with Crippen molar-refractivity contribution >= 4 is 45.0 Å². The van der Waals surface area contributed by atoms with E-state index < -0.39 is 0 Å². The minimum absolute atomic E-state index is 0.900. The fourth-order valence-electron chi connectivity index (χ4n) is 6.53. The number of aromatic amines is 2. The number of rotatable bonds is 2. The molecule has 5 heterocycles. The summed E-state index contributed by atoms with van der Waals surface area (Å²) in [5.41, 5.74) is 14.5. The zero-order chi connectivity index (χ0) is 29.0. The standard InChI is InChI=1S/C40H26N4/c1-3-10-26(11-4-1)38-35-22-30-18-16-28(41-30)21-29-17-19-31(42-29)23-36-40-32-14-8-7-9-25(32)15-20-33(40)34(43-36)24-37(44-35)39(38)27-12-5-2-6-13-27/h1-24,42,44H. The van der Waals surface area contributed by atoms with Gasteiger partial charge in [0.2, 0.25) is 0 Å². The molecule has 0 saturated carbocycles. The van der Waals surface area contributed by atoms with Gasteiger partial charge in [0.25, 0.3) is 0 Å². The Labute approximate surface area is 254 Å². The lowest BCUT2D eigenvalue weighted by Crippen LogP contribution is -1.82. The predicted molar refractivity (Wildman–Crippen MR) is 183 cm³/mol. The van der Waals surface area contributed by atoms with Crippen LogP contribution in [0.25, 0.3) is 89.8 Å². The number of benzene rings is 4. The molecule has 0 fully saturated rings. The Kier molecular flexibility index (Phi) is 5.47. The number of nitrogens with one attached hydrogen (secondary N) is 2. The number of aromatic nitrogens is 4. The SMILES string of the molecule is C1=Cc2cc3[nH]c(cc4nc(cc5ccc(cc1n2)[nH]5)-c1c-4ccc2ccccc12)c(-c1ccccc1)c3-c1ccccc1. The Balaban J connectivity index is 1.47. The Morgan fingerprint density at radius 1 is 0.432 bits per heavy atom. The fraction of sp³-hybridized carbons (Fsp3) is 0. The summed E-state index contributed by atoms with van der Waals surface area (Å²) < 4.78 is 0. The van der Waals surface area contributed by atoms with Crippen molar-refractivity contribution in [2.24, 2.45) is 0 Å². The smallest absolute Gasteiger partial charge is 0.0743 e. The van der Waals surface area contributed by atoms with Crippen LogP contribution < -0.4 is 0 Å². The van der Waals surface area contributed by atoms with Crippen molar-refractivity contribution < 1.29 is 0 Å². The van der Waals surface area contributed by atoms with Gasteiger partial charge in [0.1, 0.15) is 0 Å². The summed E-state index contributed by atoms with van der Waals surface area (Å²) in [4.78, 5) is 17.6. The number of H-pyrrole nitrogens is 2. The molecule has 2 aliphatic heterocycles. The van der Waals surface area contributed by atoms with Gasteiger partial charge in [-0.25, -0.2) is 9.97 Å². The summed E-state index contributed by atoms with van der Waals surface area (Å²) in [6, 6.07) is 47.0. The molecule has 2 N–H and O–H groups in total. The summed E-state index contributed by atoms with van der Waals surface area (Å²) in [5.74, 6) is 0. The molecule has 0 unspecified atom stereocenters. The summed E-state index contributed by atoms with van der Waals surface area (Å²) >= 11 is 0. The van der Waals surface area contributed by atoms with Gasteiger partial charge in [0.05, 0.1) is 22.8 Å². The number of hydrogen-bond acceptors (Lipinski definition) is 2. The maximum Gasteiger partial charge on any atom is 0.0743 e. The van der Waals surface area contributed by atoms with Gasteiger partial charge in [-0.15, -0.1) is 0 Å². The normalized spacial score (nSPS) is 12.0. The molecule has 4 nitrogen and oxygen atoms in total. The minimum Gasteiger partial charge on any atom is -0.355 e. The van der Waals surface area contributed by atoms with E-state index in [4.69, 9.17) is 9.97 Å². The van der Waals surface area contributed by atoms with Gasteiger partial charge in [-0.1, -0.05) is 97.1 Å². The largest absolute Gasteiger partial charge is 0.355 e. The van der Waals surface area contributed by atoms with E-state index in [1.165, 1.54) is 10.8 Å². The molecule has 4 heteroatoms. The molecule has 0 spiro atoms. The van der Waals surface area contributed by atoms with Crippen molar-refractivity contribution in [2.45, 2.75) is 0 Å². The van der Waals surface area contributed by atoms with Crippen LogP contribution in [0.4, 0.5) is 0 Å². The quantitative estimate of drug-likeness (QED) is 0.220. The second-order valence-corrected chi connectivity index (χ2v) is 11.3. The highest BCUT2D eigenvalue weighted by Gasteiger charge is 2.21. The van der Waals surface area contributed by atoms with E-state index in [1.54, 1.807) is 0 Å². The monoisotopic (exact) mass is 562 g/mol. The van der Waals surface area contributed by atoms with Crippen LogP contribution in [-0.2, 0) is 0 Å². The van der Waals surface area contributed by atoms with Crippen LogP contribution in [0.2, 0.25) is 0 Å². The molecule has 9 rings (SSSR count). The van der Waals surface area contributed by atoms with Crippen molar-refractivity contribution in [2.75, 3.05) is 0 Å². The van der Waals surface area contributed by atoms with Gasteiger partial charge in [0.15, 0.2) is 0 Å². The zero-order valence-electron chi connectivity index (χ0n) is 23.8. The van der Waals surface area contributed by atoms with Gasteiger partial charge < -0.3 is 9.97 Å². The lowest BCUT2D eigenvalue weighted by atomic mass is 9.95. The molecular weight excluding hydrogens is 536 g/mol. The maximum atomic E-state index is 5.30. The second-order valence-electron chi connectivity index (χ2n) is 11.3. The highest BCUT2D eigenvalue weighted by atomic mass is 14.8. The first-order valence-corrected chi connectivity index (χ1v) is 14.8. The molecule has 0 amide bonds. The molecule has 206 valence electrons. The Morgan fingerprint density at radius 2 is 1.07 bits per heavy atom. The molecule has 2 aliphatic rings. The Morgan fingerprint density at radius 3 is 1.82 bits per heavy atom. The zero-order valence-corrected chi connectivity index (χ0v) is 23.8. The van der Waals surface area contributed by atoms with Crippen LogP contribution >= 0.6 is 0 Å². The van der Waals surface area contributed by atoms with Crippen LogP contribution in [0.1, 0.15) is 11.4 Å². The summed E-state index contributed by atoms with van der Waals surface area (Å²) in [5, 5.41) is 2.40. The minimum atomic E-state index is 0.900. The van der Waals surface area contributed by atoms with E-state index in [2.05, 4.69) is 156 Å². The van der Waals surface area contributed by atoms with Crippen LogP contribution in [0.5, 0.6) is 0 Å². The summed E-state index contributed by atoms with van der Waals surface area (Å²) in [7, 11) is 0. The number of fused-ring (bicyclic) bond motifs is 13. The lowest BCUT2D eigenvalue weighted by Gasteiger charge is -2.07. The van der Waals surface area contributed by atoms with E-state index >= 15 is 0 Å². The summed E-state index contributed by atoms with van der Waals surface area (Å²) in [6.45, 7) is 0. The third-order valence-corrected chi connectivity index (χ3v) is 8.47. The van der Waals surface area contributed by atoms with Crippen molar-refractivity contribution in [1.29, 1.82) is 0 Å². The number of hydrogen-bond donors (Lipinski definition) is 2. The van der Waals surface area contributed by atoms with Gasteiger partial charge >= 0.3 is 0 Å². The molecule has 4 aromatic carbocycles. The molecular formula is C40H26N4. The van der Waals surface area contributed by atoms with Crippen LogP contribution in [0.3, 0.4) is 0 Å². The van der Waals surface area contributed by atoms with Crippen molar-refractivity contribution in [3.8, 4) is 44.8 Å². The third kappa shape index (κ3) is 4.08. The first-order valence-electron chi connectivity index (χ1n) is 14.8. The first-order chi connectivity index (χ1) is 21.8. The van der Waals surface area contributed by atoms with E-state index in [1.807, 2.05) is 0 Å². The van der Waals surface area contributed by atoms with Gasteiger partial charge in [-0.3, -0.25) is 0 Å². The van der Waals surface area contributed by atoms with Gasteiger partial charge in [-0.05, 0) is 70.4 Å². The van der Waals surface area contributed by atoms with Crippen molar-refractivity contribution in [3.63, 3.8) is 0 Å². The Hall–Kier alpha value is -6.00. The van der Waals surface area contributed by atoms with Crippen LogP contribution in [0, 0.1) is 0 Å². The Bertz CT molecular complexity index is 2430. The van der Waals surface area contributed by atoms with Gasteiger partial charge in [-0.2, -0.15) is 0 Å². The van der Waals surface area contributed by atoms with E-state index in [0.717, 1.165) is 78.2 Å². The van der Waals surface area contributed by atoms with Crippen molar-refractivity contribution in [1.82, 2.24) is 19.9 Å². The number of nitrogens with zero attached hydrogens (tertiary/aromatic N) is 2. The first kappa shape index (κ1) is 24.6. The van der Waals surface area contributed by atoms with E-state index in [9.17, 15) is 0 Å². The molecule has 44 heavy (non-hydrogen) atoms. The molecule has 0 aliphatic carbocycles.